The van der Waals surface area contributed by atoms with Gasteiger partial charge in [-0.2, -0.15) is 14.3 Å². The quantitative estimate of drug-likeness (QED) is 0.212. The summed E-state index contributed by atoms with van der Waals surface area (Å²) < 4.78 is 43.2. The van der Waals surface area contributed by atoms with Gasteiger partial charge in [0, 0.05) is 64.2 Å². The maximum atomic E-state index is 15.5. The zero-order valence-electron chi connectivity index (χ0n) is 25.7. The fourth-order valence-electron chi connectivity index (χ4n) is 5.15. The maximum absolute atomic E-state index is 15.5. The highest BCUT2D eigenvalue weighted by Gasteiger charge is 2.38. The first-order valence-corrected chi connectivity index (χ1v) is 16.1. The van der Waals surface area contributed by atoms with Crippen LogP contribution in [0, 0.1) is 11.8 Å². The minimum absolute atomic E-state index is 0.250. The van der Waals surface area contributed by atoms with E-state index in [2.05, 4.69) is 47.2 Å². The van der Waals surface area contributed by atoms with Crippen molar-refractivity contribution in [2.45, 2.75) is 36.6 Å². The van der Waals surface area contributed by atoms with Gasteiger partial charge in [-0.25, -0.2) is 27.8 Å². The van der Waals surface area contributed by atoms with Crippen molar-refractivity contribution in [1.29, 1.82) is 0 Å². The predicted octanol–water partition coefficient (Wildman–Crippen LogP) is 2.52. The summed E-state index contributed by atoms with van der Waals surface area (Å²) >= 11 is 0. The Labute approximate surface area is 266 Å². The highest BCUT2D eigenvalue weighted by Crippen LogP contribution is 2.33. The first kappa shape index (κ1) is 32.5. The number of carboxylic acid groups (broad SMARTS) is 1. The Morgan fingerprint density at radius 3 is 2.50 bits per heavy atom. The fraction of sp³-hybridized carbons (Fsp3) is 0.400. The van der Waals surface area contributed by atoms with Gasteiger partial charge in [0.25, 0.3) is 16.5 Å². The molecule has 0 spiro atoms. The van der Waals surface area contributed by atoms with E-state index in [1.807, 2.05) is 38.3 Å². The van der Waals surface area contributed by atoms with Gasteiger partial charge in [-0.05, 0) is 33.0 Å². The van der Waals surface area contributed by atoms with Gasteiger partial charge in [0.2, 0.25) is 0 Å². The zero-order chi connectivity index (χ0) is 32.9. The summed E-state index contributed by atoms with van der Waals surface area (Å²) in [7, 11) is 2.13. The summed E-state index contributed by atoms with van der Waals surface area (Å²) in [4.78, 5) is 25.9. The number of halogens is 1. The van der Waals surface area contributed by atoms with Crippen molar-refractivity contribution in [1.82, 2.24) is 38.8 Å². The zero-order valence-corrected chi connectivity index (χ0v) is 26.5. The van der Waals surface area contributed by atoms with Gasteiger partial charge in [0.15, 0.2) is 5.82 Å². The van der Waals surface area contributed by atoms with Gasteiger partial charge >= 0.3 is 0 Å². The third-order valence-electron chi connectivity index (χ3n) is 7.46. The number of nitrogens with one attached hydrogen (secondary N) is 1. The molecule has 4 aromatic rings. The molecular weight excluding hydrogens is 615 g/mol. The van der Waals surface area contributed by atoms with Crippen LogP contribution in [0.2, 0.25) is 0 Å². The lowest BCUT2D eigenvalue weighted by atomic mass is 9.92. The van der Waals surface area contributed by atoms with Crippen LogP contribution in [0.5, 0.6) is 0 Å². The topological polar surface area (TPSA) is 164 Å². The Kier molecular flexibility index (Phi) is 9.63. The lowest BCUT2D eigenvalue weighted by Crippen LogP contribution is -2.47. The average Bonchev–Trinajstić information content (AvgIpc) is 3.61. The molecule has 0 unspecified atom stereocenters. The van der Waals surface area contributed by atoms with Gasteiger partial charge in [-0.1, -0.05) is 11.8 Å². The Balaban J connectivity index is 0.00000134. The van der Waals surface area contributed by atoms with Crippen LogP contribution in [0.15, 0.2) is 49.3 Å². The number of hydrogen-bond donors (Lipinski definition) is 2. The molecule has 46 heavy (non-hydrogen) atoms. The Bertz CT molecular complexity index is 1850. The van der Waals surface area contributed by atoms with E-state index in [4.69, 9.17) is 9.90 Å². The molecule has 0 aromatic carbocycles. The molecule has 242 valence electrons. The van der Waals surface area contributed by atoms with Crippen molar-refractivity contribution in [3.8, 4) is 23.2 Å². The number of carbonyl (C=O) groups is 1. The number of alkyl halides is 1. The largest absolute Gasteiger partial charge is 0.483 e. The molecule has 14 nitrogen and oxygen atoms in total. The second-order valence-corrected chi connectivity index (χ2v) is 13.5. The third-order valence-corrected chi connectivity index (χ3v) is 9.50. The number of nitrogens with zero attached hydrogens (tertiary/aromatic N) is 9. The molecule has 0 atom stereocenters. The van der Waals surface area contributed by atoms with Gasteiger partial charge in [-0.3, -0.25) is 9.48 Å². The normalized spacial score (nSPS) is 15.8. The van der Waals surface area contributed by atoms with E-state index in [0.717, 1.165) is 20.9 Å². The molecule has 2 aliphatic rings. The summed E-state index contributed by atoms with van der Waals surface area (Å²) in [6.07, 6.45) is 11.8. The van der Waals surface area contributed by atoms with Crippen LogP contribution in [0.25, 0.3) is 11.4 Å². The molecule has 16 heteroatoms. The predicted molar refractivity (Wildman–Crippen MR) is 170 cm³/mol. The fourth-order valence-corrected chi connectivity index (χ4v) is 6.62. The van der Waals surface area contributed by atoms with E-state index in [-0.39, 0.29) is 11.7 Å². The van der Waals surface area contributed by atoms with Gasteiger partial charge in [-0.15, -0.1) is 0 Å². The standard InChI is InChI=1S/C29H33FN10O2S.CH2O2/c1-37(2)20-29(30)9-12-39(13-10-29)25-14-27(32-16-22(25)5-4-21-15-33-38(3)18-21)35-26-8-11-31-28(36-26)23-17-34-40(19-23)43(41,42)24-6-7-24;2-1-3/h8,11,14-19,24H,6-7,9-10,12-13,20H2,1-3H3,(H,31,32,35,36);1H,(H,2,3). The highest BCUT2D eigenvalue weighted by atomic mass is 32.2. The minimum atomic E-state index is -3.49. The van der Waals surface area contributed by atoms with Gasteiger partial charge in [0.05, 0.1) is 46.2 Å². The Morgan fingerprint density at radius 2 is 1.85 bits per heavy atom. The van der Waals surface area contributed by atoms with Crippen molar-refractivity contribution in [3.05, 3.63) is 60.4 Å². The molecule has 5 heterocycles. The van der Waals surface area contributed by atoms with Crippen molar-refractivity contribution < 1.29 is 22.7 Å². The SMILES string of the molecule is CN(C)CC1(F)CCN(c2cc(Nc3ccnc(-c4cnn(S(=O)(=O)C5CC5)c4)n3)ncc2C#Cc2cnn(C)c2)CC1.O=CO. The molecular formula is C30H35FN10O4S. The monoisotopic (exact) mass is 650 g/mol. The number of aromatic nitrogens is 7. The van der Waals surface area contributed by atoms with Crippen molar-refractivity contribution in [2.75, 3.05) is 43.9 Å². The van der Waals surface area contributed by atoms with Gasteiger partial charge < -0.3 is 20.2 Å². The number of hydrogen-bond acceptors (Lipinski definition) is 11. The first-order valence-electron chi connectivity index (χ1n) is 14.6. The van der Waals surface area contributed by atoms with Crippen molar-refractivity contribution in [2.24, 2.45) is 7.05 Å². The third kappa shape index (κ3) is 7.85. The summed E-state index contributed by atoms with van der Waals surface area (Å²) in [6.45, 7) is 1.22. The first-order chi connectivity index (χ1) is 22.0. The smallest absolute Gasteiger partial charge is 0.290 e. The van der Waals surface area contributed by atoms with Crippen LogP contribution >= 0.6 is 0 Å². The van der Waals surface area contributed by atoms with Gasteiger partial charge in [0.1, 0.15) is 17.3 Å². The van der Waals surface area contributed by atoms with E-state index < -0.39 is 15.7 Å². The summed E-state index contributed by atoms with van der Waals surface area (Å²) in [6, 6.07) is 3.60. The van der Waals surface area contributed by atoms with Crippen LogP contribution in [-0.4, -0.2) is 103 Å². The van der Waals surface area contributed by atoms with E-state index in [9.17, 15) is 8.42 Å². The molecule has 6 rings (SSSR count). The number of pyridine rings is 1. The average molecular weight is 651 g/mol. The molecule has 2 N–H and O–H groups in total. The molecule has 1 aliphatic heterocycles. The lowest BCUT2D eigenvalue weighted by molar-refractivity contribution is -0.122. The van der Waals surface area contributed by atoms with Crippen LogP contribution in [0.4, 0.5) is 21.7 Å². The van der Waals surface area contributed by atoms with Crippen LogP contribution in [0.1, 0.15) is 36.8 Å². The molecule has 4 aromatic heterocycles. The molecule has 0 amide bonds. The van der Waals surface area contributed by atoms with Crippen LogP contribution in [0.3, 0.4) is 0 Å². The highest BCUT2D eigenvalue weighted by molar-refractivity contribution is 7.90. The van der Waals surface area contributed by atoms with E-state index >= 15 is 4.39 Å². The minimum Gasteiger partial charge on any atom is -0.483 e. The number of aryl methyl sites for hydroxylation is 1. The number of piperidine rings is 1. The van der Waals surface area contributed by atoms with Crippen LogP contribution in [-0.2, 0) is 21.9 Å². The Morgan fingerprint density at radius 1 is 1.11 bits per heavy atom. The Hall–Kier alpha value is -4.88. The molecule has 1 saturated carbocycles. The second kappa shape index (κ2) is 13.6. The molecule has 0 radical (unpaired) electrons. The van der Waals surface area contributed by atoms with E-state index in [0.29, 0.717) is 68.3 Å². The lowest BCUT2D eigenvalue weighted by Gasteiger charge is -2.39. The molecule has 0 bridgehead atoms. The summed E-state index contributed by atoms with van der Waals surface area (Å²) in [5, 5.41) is 18.0. The second-order valence-electron chi connectivity index (χ2n) is 11.5. The summed E-state index contributed by atoms with van der Waals surface area (Å²) in [5.41, 5.74) is 1.61. The molecule has 2 fully saturated rings. The van der Waals surface area contributed by atoms with E-state index in [1.165, 1.54) is 12.4 Å². The summed E-state index contributed by atoms with van der Waals surface area (Å²) in [5.74, 6) is 7.71. The molecule has 1 saturated heterocycles. The maximum Gasteiger partial charge on any atom is 0.290 e. The molecule has 1 aliphatic carbocycles. The van der Waals surface area contributed by atoms with Crippen LogP contribution < -0.4 is 10.2 Å². The van der Waals surface area contributed by atoms with Crippen molar-refractivity contribution >= 4 is 33.8 Å². The van der Waals surface area contributed by atoms with E-state index in [1.54, 1.807) is 29.3 Å². The number of rotatable bonds is 8. The van der Waals surface area contributed by atoms with Crippen molar-refractivity contribution in [3.63, 3.8) is 0 Å². The number of anilines is 3.